The number of hydrogen-bond acceptors (Lipinski definition) is 1. The molecule has 0 radical (unpaired) electrons. The molecular weight excluding hydrogens is 170 g/mol. The van der Waals surface area contributed by atoms with Crippen LogP contribution in [0.15, 0.2) is 43.0 Å². The van der Waals surface area contributed by atoms with Gasteiger partial charge in [-0.1, -0.05) is 50.3 Å². The molecule has 76 valence electrons. The van der Waals surface area contributed by atoms with E-state index in [1.54, 1.807) is 0 Å². The third-order valence-electron chi connectivity index (χ3n) is 2.14. The minimum absolute atomic E-state index is 0.276. The van der Waals surface area contributed by atoms with Gasteiger partial charge in [0.1, 0.15) is 0 Å². The van der Waals surface area contributed by atoms with E-state index in [0.29, 0.717) is 5.92 Å². The molecule has 1 atom stereocenters. The molecule has 0 heterocycles. The lowest BCUT2D eigenvalue weighted by molar-refractivity contribution is 0.521. The van der Waals surface area contributed by atoms with Crippen molar-refractivity contribution in [1.82, 2.24) is 5.32 Å². The summed E-state index contributed by atoms with van der Waals surface area (Å²) in [5.74, 6) is 0.668. The van der Waals surface area contributed by atoms with Crippen LogP contribution < -0.4 is 5.32 Å². The van der Waals surface area contributed by atoms with Crippen molar-refractivity contribution in [3.05, 3.63) is 48.6 Å². The van der Waals surface area contributed by atoms with Gasteiger partial charge < -0.3 is 5.32 Å². The summed E-state index contributed by atoms with van der Waals surface area (Å²) in [6.45, 7) is 9.29. The highest BCUT2D eigenvalue weighted by Gasteiger charge is 2.05. The minimum atomic E-state index is 0.276. The lowest BCUT2D eigenvalue weighted by atomic mass is 10.1. The van der Waals surface area contributed by atoms with Crippen molar-refractivity contribution in [3.8, 4) is 0 Å². The number of benzene rings is 1. The standard InChI is InChI=1S/C13H19N/c1-4-13(14-10-11(2)3)12-8-6-5-7-9-12/h4-9,11,13-14H,1,10H2,2-3H3. The summed E-state index contributed by atoms with van der Waals surface area (Å²) in [7, 11) is 0. The van der Waals surface area contributed by atoms with E-state index in [9.17, 15) is 0 Å². The van der Waals surface area contributed by atoms with E-state index in [2.05, 4.69) is 50.0 Å². The average molecular weight is 189 g/mol. The maximum atomic E-state index is 3.85. The van der Waals surface area contributed by atoms with Gasteiger partial charge in [-0.25, -0.2) is 0 Å². The predicted molar refractivity (Wildman–Crippen MR) is 62.2 cm³/mol. The lowest BCUT2D eigenvalue weighted by Gasteiger charge is -2.16. The fourth-order valence-corrected chi connectivity index (χ4v) is 1.36. The van der Waals surface area contributed by atoms with Crippen LogP contribution >= 0.6 is 0 Å². The first-order valence-electron chi connectivity index (χ1n) is 5.15. The second kappa shape index (κ2) is 5.61. The summed E-state index contributed by atoms with van der Waals surface area (Å²) in [4.78, 5) is 0. The van der Waals surface area contributed by atoms with Crippen LogP contribution in [0.3, 0.4) is 0 Å². The molecule has 0 bridgehead atoms. The summed E-state index contributed by atoms with van der Waals surface area (Å²) in [6.07, 6.45) is 1.96. The molecule has 1 unspecified atom stereocenters. The smallest absolute Gasteiger partial charge is 0.0503 e. The van der Waals surface area contributed by atoms with Crippen molar-refractivity contribution in [3.63, 3.8) is 0 Å². The van der Waals surface area contributed by atoms with Gasteiger partial charge in [0, 0.05) is 0 Å². The van der Waals surface area contributed by atoms with Crippen molar-refractivity contribution in [2.45, 2.75) is 19.9 Å². The van der Waals surface area contributed by atoms with Gasteiger partial charge in [-0.05, 0) is 18.0 Å². The normalized spacial score (nSPS) is 12.8. The fraction of sp³-hybridized carbons (Fsp3) is 0.385. The summed E-state index contributed by atoms with van der Waals surface area (Å²) in [5.41, 5.74) is 1.28. The van der Waals surface area contributed by atoms with E-state index in [-0.39, 0.29) is 6.04 Å². The third kappa shape index (κ3) is 3.35. The molecule has 1 nitrogen and oxygen atoms in total. The Labute approximate surface area is 86.8 Å². The van der Waals surface area contributed by atoms with E-state index >= 15 is 0 Å². The van der Waals surface area contributed by atoms with Gasteiger partial charge in [0.05, 0.1) is 6.04 Å². The topological polar surface area (TPSA) is 12.0 Å². The van der Waals surface area contributed by atoms with Crippen LogP contribution in [0.1, 0.15) is 25.5 Å². The molecule has 0 aliphatic rings. The Morgan fingerprint density at radius 2 is 1.93 bits per heavy atom. The van der Waals surface area contributed by atoms with Crippen LogP contribution in [-0.4, -0.2) is 6.54 Å². The molecular formula is C13H19N. The Kier molecular flexibility index (Phi) is 4.41. The molecule has 0 fully saturated rings. The molecule has 0 saturated heterocycles. The average Bonchev–Trinajstić information content (AvgIpc) is 2.20. The first-order chi connectivity index (χ1) is 6.74. The number of nitrogens with one attached hydrogen (secondary N) is 1. The lowest BCUT2D eigenvalue weighted by Crippen LogP contribution is -2.23. The first kappa shape index (κ1) is 11.0. The molecule has 1 aromatic rings. The van der Waals surface area contributed by atoms with E-state index in [1.807, 2.05) is 12.1 Å². The van der Waals surface area contributed by atoms with Crippen molar-refractivity contribution in [2.75, 3.05) is 6.54 Å². The van der Waals surface area contributed by atoms with Crippen molar-refractivity contribution in [1.29, 1.82) is 0 Å². The first-order valence-corrected chi connectivity index (χ1v) is 5.15. The van der Waals surface area contributed by atoms with Gasteiger partial charge in [0.25, 0.3) is 0 Å². The summed E-state index contributed by atoms with van der Waals surface area (Å²) < 4.78 is 0. The molecule has 0 amide bonds. The zero-order valence-electron chi connectivity index (χ0n) is 9.03. The second-order valence-corrected chi connectivity index (χ2v) is 3.93. The Hall–Kier alpha value is -1.08. The summed E-state index contributed by atoms with van der Waals surface area (Å²) >= 11 is 0. The zero-order chi connectivity index (χ0) is 10.4. The van der Waals surface area contributed by atoms with E-state index in [4.69, 9.17) is 0 Å². The molecule has 14 heavy (non-hydrogen) atoms. The molecule has 1 heteroatoms. The van der Waals surface area contributed by atoms with Gasteiger partial charge in [0.2, 0.25) is 0 Å². The van der Waals surface area contributed by atoms with Crippen molar-refractivity contribution >= 4 is 0 Å². The largest absolute Gasteiger partial charge is 0.306 e. The molecule has 0 aromatic heterocycles. The Morgan fingerprint density at radius 3 is 2.43 bits per heavy atom. The van der Waals surface area contributed by atoms with Crippen LogP contribution in [0, 0.1) is 5.92 Å². The van der Waals surface area contributed by atoms with Crippen LogP contribution in [0.4, 0.5) is 0 Å². The highest BCUT2D eigenvalue weighted by atomic mass is 14.9. The van der Waals surface area contributed by atoms with Crippen LogP contribution in [0.25, 0.3) is 0 Å². The predicted octanol–water partition coefficient (Wildman–Crippen LogP) is 3.16. The van der Waals surface area contributed by atoms with E-state index < -0.39 is 0 Å². The summed E-state index contributed by atoms with van der Waals surface area (Å²) in [6, 6.07) is 10.7. The van der Waals surface area contributed by atoms with Gasteiger partial charge in [-0.2, -0.15) is 0 Å². The van der Waals surface area contributed by atoms with Gasteiger partial charge in [0.15, 0.2) is 0 Å². The summed E-state index contributed by atoms with van der Waals surface area (Å²) in [5, 5.41) is 3.47. The molecule has 1 N–H and O–H groups in total. The van der Waals surface area contributed by atoms with Gasteiger partial charge >= 0.3 is 0 Å². The number of rotatable bonds is 5. The van der Waals surface area contributed by atoms with Crippen molar-refractivity contribution < 1.29 is 0 Å². The molecule has 0 aliphatic carbocycles. The van der Waals surface area contributed by atoms with Crippen molar-refractivity contribution in [2.24, 2.45) is 5.92 Å². The third-order valence-corrected chi connectivity index (χ3v) is 2.14. The minimum Gasteiger partial charge on any atom is -0.306 e. The molecule has 1 rings (SSSR count). The highest BCUT2D eigenvalue weighted by molar-refractivity contribution is 5.22. The number of hydrogen-bond donors (Lipinski definition) is 1. The van der Waals surface area contributed by atoms with Crippen LogP contribution in [0.5, 0.6) is 0 Å². The molecule has 0 saturated carbocycles. The SMILES string of the molecule is C=CC(NCC(C)C)c1ccccc1. The van der Waals surface area contributed by atoms with Crippen LogP contribution in [-0.2, 0) is 0 Å². The Balaban J connectivity index is 2.59. The monoisotopic (exact) mass is 189 g/mol. The maximum Gasteiger partial charge on any atom is 0.0503 e. The molecule has 0 aliphatic heterocycles. The highest BCUT2D eigenvalue weighted by Crippen LogP contribution is 2.13. The fourth-order valence-electron chi connectivity index (χ4n) is 1.36. The van der Waals surface area contributed by atoms with E-state index in [1.165, 1.54) is 5.56 Å². The van der Waals surface area contributed by atoms with Gasteiger partial charge in [-0.3, -0.25) is 0 Å². The quantitative estimate of drug-likeness (QED) is 0.702. The van der Waals surface area contributed by atoms with Gasteiger partial charge in [-0.15, -0.1) is 6.58 Å². The van der Waals surface area contributed by atoms with E-state index in [0.717, 1.165) is 6.54 Å². The molecule has 1 aromatic carbocycles. The Bertz CT molecular complexity index is 264. The van der Waals surface area contributed by atoms with Crippen LogP contribution in [0.2, 0.25) is 0 Å². The molecule has 0 spiro atoms. The zero-order valence-corrected chi connectivity index (χ0v) is 9.03. The second-order valence-electron chi connectivity index (χ2n) is 3.93. The maximum absolute atomic E-state index is 3.85. The Morgan fingerprint density at radius 1 is 1.29 bits per heavy atom.